The van der Waals surface area contributed by atoms with E-state index in [0.29, 0.717) is 24.8 Å². The van der Waals surface area contributed by atoms with Crippen molar-refractivity contribution in [2.24, 2.45) is 28.6 Å². The highest BCUT2D eigenvalue weighted by molar-refractivity contribution is 5.89. The van der Waals surface area contributed by atoms with Gasteiger partial charge in [-0.15, -0.1) is 0 Å². The number of rotatable bonds is 10. The van der Waals surface area contributed by atoms with Crippen LogP contribution in [0, 0.1) is 28.6 Å². The van der Waals surface area contributed by atoms with Gasteiger partial charge in [0, 0.05) is 36.0 Å². The van der Waals surface area contributed by atoms with Crippen LogP contribution in [0.5, 0.6) is 0 Å². The molecule has 1 amide bonds. The SMILES string of the molecule is C=CC1(C)O[C@H]2CC3=C(C)[C@@H](OC(=O)[C@H](O)[C@H](CC(C)C)NC(=O)OC(C)(C)C)C[C@@](O)([C@@H](OC(=O)c4ccccc4)[C@@H]4[C@]5(OC(C)=O)CC[C@@H]5C[C@H](O1)[C@@]24C)C3(C)C. The van der Waals surface area contributed by atoms with E-state index in [2.05, 4.69) is 11.9 Å². The number of ether oxygens (including phenoxy) is 6. The lowest BCUT2D eigenvalue weighted by atomic mass is 9.40. The number of benzene rings is 1. The lowest BCUT2D eigenvalue weighted by molar-refractivity contribution is -0.396. The molecule has 2 bridgehead atoms. The molecule has 1 saturated heterocycles. The number of aliphatic hydroxyl groups is 2. The van der Waals surface area contributed by atoms with Crippen molar-refractivity contribution < 1.29 is 57.8 Å². The molecular weight excluding hydrogens is 759 g/mol. The third-order valence-corrected chi connectivity index (χ3v) is 14.1. The molecule has 1 aromatic carbocycles. The maximum absolute atomic E-state index is 14.4. The Labute approximate surface area is 348 Å². The van der Waals surface area contributed by atoms with Gasteiger partial charge in [-0.25, -0.2) is 14.4 Å². The van der Waals surface area contributed by atoms with Crippen molar-refractivity contribution in [2.75, 3.05) is 0 Å². The molecule has 1 unspecified atom stereocenters. The van der Waals surface area contributed by atoms with Crippen LogP contribution < -0.4 is 5.32 Å². The number of hydrogen-bond donors (Lipinski definition) is 3. The highest BCUT2D eigenvalue weighted by atomic mass is 16.7. The van der Waals surface area contributed by atoms with E-state index in [4.69, 9.17) is 28.4 Å². The molecule has 3 saturated carbocycles. The van der Waals surface area contributed by atoms with Crippen LogP contribution in [-0.2, 0) is 38.0 Å². The molecular formula is C46H65NO12. The second kappa shape index (κ2) is 15.6. The maximum Gasteiger partial charge on any atom is 0.407 e. The summed E-state index contributed by atoms with van der Waals surface area (Å²) in [7, 11) is 0. The molecule has 3 N–H and O–H groups in total. The molecule has 13 heteroatoms. The lowest BCUT2D eigenvalue weighted by Crippen LogP contribution is -2.79. The number of amides is 1. The molecule has 0 aromatic heterocycles. The second-order valence-corrected chi connectivity index (χ2v) is 19.9. The Morgan fingerprint density at radius 3 is 2.24 bits per heavy atom. The van der Waals surface area contributed by atoms with Gasteiger partial charge < -0.3 is 44.0 Å². The maximum atomic E-state index is 14.4. The molecule has 0 spiro atoms. The van der Waals surface area contributed by atoms with Crippen molar-refractivity contribution >= 4 is 24.0 Å². The molecule has 1 aromatic rings. The average molecular weight is 824 g/mol. The number of fused-ring (bicyclic) bond motifs is 4. The van der Waals surface area contributed by atoms with Crippen molar-refractivity contribution in [3.8, 4) is 0 Å². The highest BCUT2D eigenvalue weighted by Gasteiger charge is 2.77. The molecule has 1 aliphatic heterocycles. The van der Waals surface area contributed by atoms with Crippen LogP contribution in [0.3, 0.4) is 0 Å². The van der Waals surface area contributed by atoms with Crippen LogP contribution in [0.25, 0.3) is 0 Å². The molecule has 4 aliphatic carbocycles. The Morgan fingerprint density at radius 2 is 1.68 bits per heavy atom. The van der Waals surface area contributed by atoms with E-state index in [9.17, 15) is 29.4 Å². The highest BCUT2D eigenvalue weighted by Crippen LogP contribution is 2.70. The fourth-order valence-corrected chi connectivity index (χ4v) is 11.0. The molecule has 326 valence electrons. The van der Waals surface area contributed by atoms with Gasteiger partial charge >= 0.3 is 24.0 Å². The topological polar surface area (TPSA) is 176 Å². The lowest BCUT2D eigenvalue weighted by Gasteiger charge is -2.71. The number of nitrogens with one attached hydrogen (secondary N) is 1. The van der Waals surface area contributed by atoms with Crippen LogP contribution in [0.15, 0.2) is 54.1 Å². The zero-order valence-corrected chi connectivity index (χ0v) is 36.6. The quantitative estimate of drug-likeness (QED) is 0.129. The summed E-state index contributed by atoms with van der Waals surface area (Å²) in [5, 5.41) is 28.0. The van der Waals surface area contributed by atoms with Crippen molar-refractivity contribution in [3.05, 3.63) is 59.7 Å². The first-order valence-corrected chi connectivity index (χ1v) is 21.1. The first-order chi connectivity index (χ1) is 27.3. The van der Waals surface area contributed by atoms with Gasteiger partial charge in [-0.05, 0) is 96.4 Å². The van der Waals surface area contributed by atoms with E-state index in [1.165, 1.54) is 6.92 Å². The first-order valence-electron chi connectivity index (χ1n) is 21.1. The summed E-state index contributed by atoms with van der Waals surface area (Å²) in [6.07, 6.45) is -2.59. The van der Waals surface area contributed by atoms with Gasteiger partial charge in [0.2, 0.25) is 0 Å². The number of esters is 3. The normalized spacial score (nSPS) is 36.8. The number of carbonyl (C=O) groups is 4. The summed E-state index contributed by atoms with van der Waals surface area (Å²) < 4.78 is 38.5. The van der Waals surface area contributed by atoms with Crippen molar-refractivity contribution in [3.63, 3.8) is 0 Å². The van der Waals surface area contributed by atoms with Crippen molar-refractivity contribution in [2.45, 2.75) is 174 Å². The van der Waals surface area contributed by atoms with Gasteiger partial charge in [0.15, 0.2) is 11.9 Å². The fourth-order valence-electron chi connectivity index (χ4n) is 11.0. The summed E-state index contributed by atoms with van der Waals surface area (Å²) in [6, 6.07) is 7.44. The van der Waals surface area contributed by atoms with E-state index in [0.717, 1.165) is 5.57 Å². The van der Waals surface area contributed by atoms with Crippen LogP contribution in [0.2, 0.25) is 0 Å². The smallest absolute Gasteiger partial charge is 0.407 e. The van der Waals surface area contributed by atoms with E-state index in [1.54, 1.807) is 57.2 Å². The number of alkyl carbamates (subject to hydrolysis) is 1. The summed E-state index contributed by atoms with van der Waals surface area (Å²) in [6.45, 7) is 23.8. The molecule has 1 heterocycles. The standard InChI is InChI=1S/C46H65NO12/c1-13-43(11)57-33-22-29-19-20-45(29,56-27(5)48)36-37(55-38(50)28-17-15-14-16-18-28)46(53)24-32(26(4)30(42(46,9)10)23-34(58-43)44(33,36)12)54-39(51)35(49)31(21-25(2)3)47-40(52)59-41(6,7)8/h13-18,25,29,31-37,49,53H,1,19-24H2,2-12H3,(H,47,52)/t29-,31+,32+,33+,34+,35-,36+,37+,43?,44+,45+,46-/m1/s1. The zero-order valence-electron chi connectivity index (χ0n) is 36.6. The monoisotopic (exact) mass is 823 g/mol. The summed E-state index contributed by atoms with van der Waals surface area (Å²) in [5.41, 5.74) is -4.45. The molecule has 5 aliphatic rings. The number of hydrogen-bond acceptors (Lipinski definition) is 12. The second-order valence-electron chi connectivity index (χ2n) is 19.9. The fraction of sp³-hybridized carbons (Fsp3) is 0.696. The van der Waals surface area contributed by atoms with Gasteiger partial charge in [0.25, 0.3) is 0 Å². The van der Waals surface area contributed by atoms with E-state index < -0.39 is 99.9 Å². The summed E-state index contributed by atoms with van der Waals surface area (Å²) in [4.78, 5) is 54.5. The van der Waals surface area contributed by atoms with E-state index in [1.807, 2.05) is 48.5 Å². The third-order valence-electron chi connectivity index (χ3n) is 14.1. The molecule has 0 radical (unpaired) electrons. The Morgan fingerprint density at radius 1 is 1.03 bits per heavy atom. The van der Waals surface area contributed by atoms with E-state index >= 15 is 0 Å². The van der Waals surface area contributed by atoms with Crippen molar-refractivity contribution in [1.82, 2.24) is 5.32 Å². The Balaban J connectivity index is 1.50. The van der Waals surface area contributed by atoms with Gasteiger partial charge in [-0.2, -0.15) is 0 Å². The van der Waals surface area contributed by atoms with Crippen LogP contribution in [0.4, 0.5) is 4.79 Å². The molecule has 59 heavy (non-hydrogen) atoms. The Hall–Kier alpha value is -3.78. The van der Waals surface area contributed by atoms with Crippen LogP contribution in [-0.4, -0.2) is 93.4 Å². The predicted molar refractivity (Wildman–Crippen MR) is 217 cm³/mol. The van der Waals surface area contributed by atoms with Crippen LogP contribution in [0.1, 0.15) is 125 Å². The number of aliphatic hydroxyl groups excluding tert-OH is 1. The van der Waals surface area contributed by atoms with Gasteiger partial charge in [-0.3, -0.25) is 4.79 Å². The van der Waals surface area contributed by atoms with Crippen molar-refractivity contribution in [1.29, 1.82) is 0 Å². The Kier molecular flexibility index (Phi) is 11.8. The molecule has 6 rings (SSSR count). The minimum absolute atomic E-state index is 0.0293. The molecule has 13 nitrogen and oxygen atoms in total. The van der Waals surface area contributed by atoms with Gasteiger partial charge in [-0.1, -0.05) is 65.0 Å². The largest absolute Gasteiger partial charge is 0.458 e. The summed E-state index contributed by atoms with van der Waals surface area (Å²) >= 11 is 0. The first kappa shape index (κ1) is 44.8. The summed E-state index contributed by atoms with van der Waals surface area (Å²) in [5.74, 6) is -4.47. The molecule has 4 fully saturated rings. The molecule has 12 atom stereocenters. The Bertz CT molecular complexity index is 1850. The minimum Gasteiger partial charge on any atom is -0.458 e. The van der Waals surface area contributed by atoms with Gasteiger partial charge in [0.1, 0.15) is 29.0 Å². The van der Waals surface area contributed by atoms with E-state index in [-0.39, 0.29) is 36.7 Å². The minimum atomic E-state index is -1.96. The van der Waals surface area contributed by atoms with Gasteiger partial charge in [0.05, 0.1) is 23.8 Å². The zero-order chi connectivity index (χ0) is 43.7. The predicted octanol–water partition coefficient (Wildman–Crippen LogP) is 6.73. The third kappa shape index (κ3) is 7.85. The number of carbonyl (C=O) groups excluding carboxylic acids is 4. The van der Waals surface area contributed by atoms with Crippen LogP contribution >= 0.6 is 0 Å². The average Bonchev–Trinajstić information content (AvgIpc) is 3.12.